The molecule has 5 heteroatoms. The molecule has 4 fully saturated rings. The molecule has 14 rings (SSSR count). The van der Waals surface area contributed by atoms with E-state index in [9.17, 15) is 0 Å². The largest absolute Gasteiger partial charge is 0.256 e. The molecule has 1 aliphatic heterocycles. The molecule has 6 aliphatic rings. The van der Waals surface area contributed by atoms with Gasteiger partial charge in [0.1, 0.15) is 8.07 Å². The summed E-state index contributed by atoms with van der Waals surface area (Å²) in [7, 11) is -1.88. The van der Waals surface area contributed by atoms with Crippen molar-refractivity contribution in [3.63, 3.8) is 0 Å². The number of nitrogens with zero attached hydrogens (tertiary/aromatic N) is 4. The summed E-state index contributed by atoms with van der Waals surface area (Å²) in [5, 5.41) is 4.21. The summed E-state index contributed by atoms with van der Waals surface area (Å²) < 4.78 is 0. The first-order chi connectivity index (χ1) is 29.0. The molecule has 0 atom stereocenters. The minimum atomic E-state index is -1.88. The third-order valence-corrected chi connectivity index (χ3v) is 18.9. The van der Waals surface area contributed by atoms with Crippen molar-refractivity contribution in [1.82, 2.24) is 19.9 Å². The van der Waals surface area contributed by atoms with Gasteiger partial charge in [0.25, 0.3) is 0 Å². The molecule has 0 unspecified atom stereocenters. The average molecular weight is 777 g/mol. The zero-order valence-corrected chi connectivity index (χ0v) is 34.5. The standard InChI is InChI=1S/C54H44N4Si/c1-59(2)47-19-11-9-17-42(47)50-48(59)23-22-45-49(50)43-31-35(20-21-44(43)54(45)36-27-32-26-33(29-36)30-37(54)28-32)38-14-6-7-16-40(38)52-56-51(34-12-4-3-5-13-34)57-53(58-52)41-24-25-55-46-18-10-8-15-39(41)46/h3-25,31-33,36-37H,26-30H2,1-2H3. The molecule has 4 saturated carbocycles. The second kappa shape index (κ2) is 12.2. The van der Waals surface area contributed by atoms with Crippen molar-refractivity contribution in [3.05, 3.63) is 157 Å². The minimum Gasteiger partial charge on any atom is -0.256 e. The quantitative estimate of drug-likeness (QED) is 0.167. The van der Waals surface area contributed by atoms with E-state index in [0.717, 1.165) is 45.0 Å². The summed E-state index contributed by atoms with van der Waals surface area (Å²) in [6.07, 6.45) is 8.82. The molecular formula is C54H44N4Si. The maximum Gasteiger partial charge on any atom is 0.164 e. The Bertz CT molecular complexity index is 3030. The lowest BCUT2D eigenvalue weighted by Gasteiger charge is -2.61. The highest BCUT2D eigenvalue weighted by Gasteiger charge is 2.62. The molecule has 59 heavy (non-hydrogen) atoms. The Morgan fingerprint density at radius 1 is 0.475 bits per heavy atom. The van der Waals surface area contributed by atoms with Gasteiger partial charge in [0.2, 0.25) is 0 Å². The molecule has 0 N–H and O–H groups in total. The van der Waals surface area contributed by atoms with Crippen molar-refractivity contribution in [2.75, 3.05) is 0 Å². The third-order valence-electron chi connectivity index (χ3n) is 15.4. The maximum atomic E-state index is 5.30. The average Bonchev–Trinajstić information content (AvgIpc) is 3.70. The van der Waals surface area contributed by atoms with Gasteiger partial charge in [-0.3, -0.25) is 4.98 Å². The molecule has 8 aromatic rings. The van der Waals surface area contributed by atoms with E-state index in [1.54, 1.807) is 21.5 Å². The second-order valence-electron chi connectivity index (χ2n) is 18.6. The summed E-state index contributed by atoms with van der Waals surface area (Å²) in [6.45, 7) is 5.12. The minimum absolute atomic E-state index is 0.0927. The predicted octanol–water partition coefficient (Wildman–Crippen LogP) is 11.6. The maximum absolute atomic E-state index is 5.30. The van der Waals surface area contributed by atoms with Crippen LogP contribution in [-0.4, -0.2) is 28.0 Å². The van der Waals surface area contributed by atoms with Gasteiger partial charge in [-0.1, -0.05) is 134 Å². The Labute approximate surface area is 346 Å². The van der Waals surface area contributed by atoms with Crippen LogP contribution in [0.2, 0.25) is 13.1 Å². The van der Waals surface area contributed by atoms with Gasteiger partial charge in [-0.25, -0.2) is 15.0 Å². The van der Waals surface area contributed by atoms with Crippen LogP contribution in [0.5, 0.6) is 0 Å². The molecule has 2 aromatic heterocycles. The zero-order chi connectivity index (χ0) is 39.0. The molecule has 0 amide bonds. The summed E-state index contributed by atoms with van der Waals surface area (Å²) in [5.74, 6) is 5.21. The van der Waals surface area contributed by atoms with Crippen LogP contribution in [0, 0.1) is 23.7 Å². The summed E-state index contributed by atoms with van der Waals surface area (Å²) in [5.41, 5.74) is 15.5. The number of hydrogen-bond acceptors (Lipinski definition) is 4. The normalized spacial score (nSPS) is 23.6. The van der Waals surface area contributed by atoms with E-state index >= 15 is 0 Å². The number of fused-ring (bicyclic) bond motifs is 8. The lowest BCUT2D eigenvalue weighted by molar-refractivity contribution is -0.0399. The van der Waals surface area contributed by atoms with Crippen LogP contribution in [0.1, 0.15) is 43.2 Å². The van der Waals surface area contributed by atoms with E-state index in [-0.39, 0.29) is 5.41 Å². The van der Waals surface area contributed by atoms with Gasteiger partial charge in [0, 0.05) is 33.7 Å². The Balaban J connectivity index is 1.04. The number of benzene rings is 6. The monoisotopic (exact) mass is 776 g/mol. The van der Waals surface area contributed by atoms with E-state index in [2.05, 4.69) is 121 Å². The smallest absolute Gasteiger partial charge is 0.164 e. The number of pyridine rings is 1. The zero-order valence-electron chi connectivity index (χ0n) is 33.5. The van der Waals surface area contributed by atoms with Crippen LogP contribution in [0.3, 0.4) is 0 Å². The molecule has 5 aliphatic carbocycles. The van der Waals surface area contributed by atoms with Crippen molar-refractivity contribution in [2.45, 2.75) is 50.6 Å². The van der Waals surface area contributed by atoms with Crippen LogP contribution in [0.4, 0.5) is 0 Å². The fraction of sp³-hybridized carbons (Fsp3) is 0.222. The number of rotatable bonds is 4. The molecule has 4 nitrogen and oxygen atoms in total. The fourth-order valence-electron chi connectivity index (χ4n) is 13.2. The first kappa shape index (κ1) is 33.9. The Morgan fingerprint density at radius 3 is 1.92 bits per heavy atom. The molecule has 6 aromatic carbocycles. The van der Waals surface area contributed by atoms with Crippen molar-refractivity contribution >= 4 is 29.4 Å². The number of hydrogen-bond donors (Lipinski definition) is 0. The Morgan fingerprint density at radius 2 is 1.12 bits per heavy atom. The van der Waals surface area contributed by atoms with Gasteiger partial charge in [-0.15, -0.1) is 0 Å². The van der Waals surface area contributed by atoms with Gasteiger partial charge in [-0.05, 0) is 129 Å². The number of aromatic nitrogens is 4. The van der Waals surface area contributed by atoms with Gasteiger partial charge in [-0.2, -0.15) is 0 Å². The lowest BCUT2D eigenvalue weighted by Crippen LogP contribution is -2.55. The highest BCUT2D eigenvalue weighted by molar-refractivity contribution is 7.04. The summed E-state index contributed by atoms with van der Waals surface area (Å²) in [4.78, 5) is 20.3. The fourth-order valence-corrected chi connectivity index (χ4v) is 16.3. The SMILES string of the molecule is C[Si]1(C)c2ccccc2-c2c1ccc1c2-c2cc(-c3ccccc3-c3nc(-c4ccccc4)nc(-c4ccnc5ccccc45)n3)ccc2C12C1CC3CC(C1)CC2C3. The van der Waals surface area contributed by atoms with Crippen LogP contribution >= 0.6 is 0 Å². The van der Waals surface area contributed by atoms with Gasteiger partial charge >= 0.3 is 0 Å². The van der Waals surface area contributed by atoms with E-state index in [4.69, 9.17) is 15.0 Å². The molecule has 0 radical (unpaired) electrons. The summed E-state index contributed by atoms with van der Waals surface area (Å²) >= 11 is 0. The first-order valence-corrected chi connectivity index (χ1v) is 24.6. The van der Waals surface area contributed by atoms with E-state index in [1.807, 2.05) is 42.6 Å². The molecule has 3 heterocycles. The topological polar surface area (TPSA) is 51.6 Å². The Hall–Kier alpha value is -6.04. The summed E-state index contributed by atoms with van der Waals surface area (Å²) in [6, 6.07) is 51.5. The molecule has 0 saturated heterocycles. The Kier molecular flexibility index (Phi) is 7.03. The van der Waals surface area contributed by atoms with E-state index in [1.165, 1.54) is 59.9 Å². The van der Waals surface area contributed by atoms with Crippen molar-refractivity contribution in [3.8, 4) is 67.5 Å². The van der Waals surface area contributed by atoms with Crippen LogP contribution in [-0.2, 0) is 5.41 Å². The van der Waals surface area contributed by atoms with Crippen molar-refractivity contribution in [1.29, 1.82) is 0 Å². The molecule has 4 bridgehead atoms. The lowest BCUT2D eigenvalue weighted by atomic mass is 9.43. The predicted molar refractivity (Wildman–Crippen MR) is 242 cm³/mol. The molecule has 1 spiro atoms. The van der Waals surface area contributed by atoms with E-state index in [0.29, 0.717) is 29.3 Å². The first-order valence-electron chi connectivity index (χ1n) is 21.6. The second-order valence-corrected chi connectivity index (χ2v) is 22.9. The van der Waals surface area contributed by atoms with Gasteiger partial charge in [0.15, 0.2) is 17.5 Å². The number of para-hydroxylation sites is 1. The highest BCUT2D eigenvalue weighted by atomic mass is 28.3. The van der Waals surface area contributed by atoms with Crippen molar-refractivity contribution < 1.29 is 0 Å². The van der Waals surface area contributed by atoms with Crippen molar-refractivity contribution in [2.24, 2.45) is 23.7 Å². The van der Waals surface area contributed by atoms with Gasteiger partial charge < -0.3 is 0 Å². The highest BCUT2D eigenvalue weighted by Crippen LogP contribution is 2.70. The molecule has 284 valence electrons. The van der Waals surface area contributed by atoms with Crippen LogP contribution in [0.15, 0.2) is 146 Å². The van der Waals surface area contributed by atoms with Gasteiger partial charge in [0.05, 0.1) is 5.52 Å². The van der Waals surface area contributed by atoms with E-state index < -0.39 is 8.07 Å². The van der Waals surface area contributed by atoms with Crippen LogP contribution in [0.25, 0.3) is 78.4 Å². The third kappa shape index (κ3) is 4.65. The van der Waals surface area contributed by atoms with Crippen LogP contribution < -0.4 is 10.4 Å². The molecular weight excluding hydrogens is 733 g/mol.